The summed E-state index contributed by atoms with van der Waals surface area (Å²) in [4.78, 5) is 142. The average molecular weight is 1630 g/mol. The third-order valence-electron chi connectivity index (χ3n) is 22.7. The third-order valence-corrected chi connectivity index (χ3v) is 25.8. The van der Waals surface area contributed by atoms with Gasteiger partial charge >= 0.3 is 24.1 Å². The summed E-state index contributed by atoms with van der Waals surface area (Å²) in [6.45, 7) is 24.6. The summed E-state index contributed by atoms with van der Waals surface area (Å²) in [5, 5.41) is 29.4. The van der Waals surface area contributed by atoms with Gasteiger partial charge in [-0.2, -0.15) is 12.6 Å². The lowest BCUT2D eigenvalue weighted by atomic mass is 9.82. The molecule has 4 saturated heterocycles. The lowest BCUT2D eigenvalue weighted by molar-refractivity contribution is -0.163. The maximum Gasteiger partial charge on any atom is 0.409 e. The van der Waals surface area contributed by atoms with Crippen molar-refractivity contribution in [1.29, 1.82) is 0 Å². The summed E-state index contributed by atoms with van der Waals surface area (Å²) in [5.41, 5.74) is 0.719. The average Bonchev–Trinajstić information content (AvgIpc) is 1.57. The van der Waals surface area contributed by atoms with Crippen molar-refractivity contribution in [2.45, 2.75) is 232 Å². The van der Waals surface area contributed by atoms with E-state index >= 15 is 0 Å². The van der Waals surface area contributed by atoms with Crippen LogP contribution in [0.25, 0.3) is 0 Å². The summed E-state index contributed by atoms with van der Waals surface area (Å²) in [5.74, 6) is -4.82. The topological polar surface area (TPSA) is 317 Å². The molecule has 26 nitrogen and oxygen atoms in total. The van der Waals surface area contributed by atoms with Crippen molar-refractivity contribution in [1.82, 2.24) is 30.2 Å². The molecule has 8 rings (SSSR count). The number of carbonyl (C=O) groups excluding carboxylic acids is 10. The van der Waals surface area contributed by atoms with Crippen LogP contribution in [0.1, 0.15) is 144 Å². The number of nitrogens with one attached hydrogen (secondary N) is 2. The van der Waals surface area contributed by atoms with Gasteiger partial charge in [0.05, 0.1) is 46.5 Å². The van der Waals surface area contributed by atoms with Gasteiger partial charge in [-0.05, 0) is 128 Å². The Morgan fingerprint density at radius 3 is 1.33 bits per heavy atom. The van der Waals surface area contributed by atoms with Crippen LogP contribution in [0.3, 0.4) is 0 Å². The maximum atomic E-state index is 14.2. The fourth-order valence-electron chi connectivity index (χ4n) is 14.3. The number of benzene rings is 2. The number of anilines is 2. The van der Waals surface area contributed by atoms with Crippen molar-refractivity contribution in [2.75, 3.05) is 69.8 Å². The van der Waals surface area contributed by atoms with Gasteiger partial charge in [-0.15, -0.1) is 0 Å². The van der Waals surface area contributed by atoms with Crippen LogP contribution in [-0.2, 0) is 79.6 Å². The van der Waals surface area contributed by atoms with Gasteiger partial charge in [-0.25, -0.2) is 19.2 Å². The van der Waals surface area contributed by atoms with Crippen LogP contribution in [0, 0.1) is 37.5 Å². The van der Waals surface area contributed by atoms with Crippen LogP contribution < -0.4 is 20.4 Å². The molecule has 608 valence electrons. The number of amides is 8. The molecule has 31 heteroatoms. The number of epoxide rings is 2. The molecule has 0 aliphatic carbocycles. The first-order valence-corrected chi connectivity index (χ1v) is 41.2. The van der Waals surface area contributed by atoms with E-state index in [1.165, 1.54) is 64.4 Å². The fraction of sp³-hybridized carbons (Fsp3) is 0.620. The first kappa shape index (κ1) is 90.4. The summed E-state index contributed by atoms with van der Waals surface area (Å²) < 4.78 is 36.2. The van der Waals surface area contributed by atoms with Gasteiger partial charge in [0.1, 0.15) is 71.2 Å². The second-order valence-electron chi connectivity index (χ2n) is 30.8. The number of alkyl carbamates (subject to hydrolysis) is 2. The largest absolute Gasteiger partial charge is 0.457 e. The molecule has 2 aromatic carbocycles. The number of likely N-dealkylation sites (N-methyl/N-ethyl adjacent to an activating group) is 4. The van der Waals surface area contributed by atoms with Crippen LogP contribution in [0.2, 0.25) is 10.0 Å². The summed E-state index contributed by atoms with van der Waals surface area (Å²) >= 11 is 17.7. The number of ether oxygens (including phenoxy) is 6. The Bertz CT molecular complexity index is 3940. The van der Waals surface area contributed by atoms with Gasteiger partial charge in [-0.3, -0.25) is 39.4 Å². The first-order chi connectivity index (χ1) is 51.3. The Kier molecular flexibility index (Phi) is 30.7. The highest BCUT2D eigenvalue weighted by atomic mass is 35.5. The van der Waals surface area contributed by atoms with E-state index in [0.717, 1.165) is 33.4 Å². The van der Waals surface area contributed by atoms with E-state index in [9.17, 15) is 58.2 Å². The molecular formula is C79H112Cl2N8O18S3. The van der Waals surface area contributed by atoms with Crippen LogP contribution >= 0.6 is 57.4 Å². The Balaban J connectivity index is 0.000000306. The highest BCUT2D eigenvalue weighted by molar-refractivity contribution is 8.76. The van der Waals surface area contributed by atoms with Crippen LogP contribution in [-0.4, -0.2) is 233 Å². The van der Waals surface area contributed by atoms with Gasteiger partial charge in [0.2, 0.25) is 35.4 Å². The molecule has 0 radical (unpaired) electrons. The van der Waals surface area contributed by atoms with Crippen molar-refractivity contribution in [3.8, 4) is 0 Å². The molecule has 8 amide bonds. The van der Waals surface area contributed by atoms with E-state index in [4.69, 9.17) is 51.6 Å². The Morgan fingerprint density at radius 2 is 0.973 bits per heavy atom. The Labute approximate surface area is 670 Å². The Morgan fingerprint density at radius 1 is 0.609 bits per heavy atom. The molecule has 18 atom stereocenters. The summed E-state index contributed by atoms with van der Waals surface area (Å²) in [7, 11) is 12.3. The number of aliphatic hydroxyl groups is 2. The molecular weight excluding hydrogens is 1520 g/mol. The molecule has 110 heavy (non-hydrogen) atoms. The lowest BCUT2D eigenvalue weighted by Gasteiger charge is -2.41. The lowest BCUT2D eigenvalue weighted by Crippen LogP contribution is -2.60. The smallest absolute Gasteiger partial charge is 0.409 e. The number of hydrogen-bond donors (Lipinski definition) is 5. The number of nitrogens with zero attached hydrogens (tertiary/aromatic N) is 6. The number of thiol groups is 1. The molecule has 6 heterocycles. The zero-order valence-corrected chi connectivity index (χ0v) is 71.1. The molecule has 2 aromatic rings. The minimum absolute atomic E-state index is 0.0485. The highest BCUT2D eigenvalue weighted by Crippen LogP contribution is 2.51. The summed E-state index contributed by atoms with van der Waals surface area (Å²) in [6, 6.07) is 3.73. The van der Waals surface area contributed by atoms with E-state index in [0.29, 0.717) is 45.8 Å². The number of fused-ring (bicyclic) bond motifs is 10. The third kappa shape index (κ3) is 21.1. The van der Waals surface area contributed by atoms with Crippen molar-refractivity contribution in [3.05, 3.63) is 104 Å². The quantitative estimate of drug-likeness (QED) is 0.0260. The maximum absolute atomic E-state index is 14.2. The highest BCUT2D eigenvalue weighted by Gasteiger charge is 2.66. The number of halogens is 2. The number of hydrogen-bond acceptors (Lipinski definition) is 21. The number of carbonyl (C=O) groups is 10. The van der Waals surface area contributed by atoms with Gasteiger partial charge in [-0.1, -0.05) is 132 Å². The van der Waals surface area contributed by atoms with Crippen molar-refractivity contribution in [3.63, 3.8) is 0 Å². The van der Waals surface area contributed by atoms with E-state index in [1.807, 2.05) is 115 Å². The second-order valence-corrected chi connectivity index (χ2v) is 34.7. The van der Waals surface area contributed by atoms with Gasteiger partial charge in [0.15, 0.2) is 0 Å². The minimum Gasteiger partial charge on any atom is -0.457 e. The van der Waals surface area contributed by atoms with Crippen LogP contribution in [0.15, 0.2) is 71.9 Å². The van der Waals surface area contributed by atoms with Crippen molar-refractivity contribution >= 4 is 128 Å². The number of rotatable bonds is 16. The van der Waals surface area contributed by atoms with E-state index < -0.39 is 155 Å². The van der Waals surface area contributed by atoms with Crippen LogP contribution in [0.5, 0.6) is 0 Å². The van der Waals surface area contributed by atoms with Gasteiger partial charge < -0.3 is 68.0 Å². The predicted molar refractivity (Wildman–Crippen MR) is 429 cm³/mol. The minimum atomic E-state index is -1.62. The van der Waals surface area contributed by atoms with Gasteiger partial charge in [0.25, 0.3) is 0 Å². The molecule has 0 spiro atoms. The molecule has 0 aromatic heterocycles. The molecule has 6 aliphatic heterocycles. The summed E-state index contributed by atoms with van der Waals surface area (Å²) in [6.07, 6.45) is 7.45. The standard InChI is InChI=1S/C40H57ClN4O9S2.C39H55ClN4O9S/c1-22-13-12-14-24(3)40(51)21-30(52-38(50)42-40)25(4)35-39(7,54-35)31(20-33(47)45(10)29-19-28(17-22)18-23(2)34(29)41)53-37(49)27(6)44(9)36(48)26(5)43(8)32(46)15-16-56-55-11;1-21-12-11-13-23(3)39(50)20-29(51-37(49)41-39)24(4)34-38(7,53-34)30(19-32(46)44(10)28-18-27(16-21)17-22(2)33(28)40)52-36(48)26(6)43(9)35(47)25(5)42(8)31(45)14-15-54/h12-14,18-19,24-27,30-31,35,51H,15-17,20-21H2,1-11H3,(H,42,50);11-13,17-18,23-26,29-30,34,50,54H,14-16,19-20H2,1-10H3,(H,41,49)/b14-12+,22-13+;13-11+,21-12+. The SMILES string of the molecule is C/C1=C\C=C\C(C)C2(O)CC(OC(=O)N2)C(C)C2OC2(C)C(OC(=O)C(C)N(C)C(=O)C(C)N(C)C(=O)CCS)CC(=O)N(C)c2cc(cc(C)c2Cl)C1.CSSCCC(=O)N(C)C(C)C(=O)N(C)C(C)C(=O)OC1CC(=O)N(C)c2cc(cc(C)c2Cl)C/C(C)=C/C=C/C(C)C2(O)CC(OC(=O)N2)C(C)C2OC12C. The molecule has 0 saturated carbocycles. The molecule has 8 bridgehead atoms. The van der Waals surface area contributed by atoms with E-state index in [1.54, 1.807) is 77.3 Å². The second kappa shape index (κ2) is 37.4. The Hall–Kier alpha value is -6.83. The van der Waals surface area contributed by atoms with E-state index in [2.05, 4.69) is 23.3 Å². The fourth-order valence-corrected chi connectivity index (χ4v) is 16.1. The molecule has 4 N–H and O–H groups in total. The number of aryl methyl sites for hydroxylation is 2. The molecule has 4 fully saturated rings. The van der Waals surface area contributed by atoms with Crippen molar-refractivity contribution < 1.29 is 86.6 Å². The first-order valence-electron chi connectivity index (χ1n) is 37.1. The monoisotopic (exact) mass is 1630 g/mol. The predicted octanol–water partition coefficient (Wildman–Crippen LogP) is 10.3. The number of esters is 2. The molecule has 18 unspecified atom stereocenters. The van der Waals surface area contributed by atoms with Crippen molar-refractivity contribution in [2.24, 2.45) is 23.7 Å². The van der Waals surface area contributed by atoms with Gasteiger partial charge in [0, 0.05) is 97.4 Å². The van der Waals surface area contributed by atoms with E-state index in [-0.39, 0.29) is 50.3 Å². The number of allylic oxidation sites excluding steroid dienone is 6. The molecule has 6 aliphatic rings. The normalized spacial score (nSPS) is 31.0. The zero-order valence-electron chi connectivity index (χ0n) is 67.1. The van der Waals surface area contributed by atoms with Crippen LogP contribution in [0.4, 0.5) is 21.0 Å². The zero-order chi connectivity index (χ0) is 82.3.